The summed E-state index contributed by atoms with van der Waals surface area (Å²) in [5.41, 5.74) is 5.66. The van der Waals surface area contributed by atoms with Crippen molar-refractivity contribution in [3.05, 3.63) is 30.1 Å². The highest BCUT2D eigenvalue weighted by Crippen LogP contribution is 1.95. The van der Waals surface area contributed by atoms with Gasteiger partial charge in [0.15, 0.2) is 12.4 Å². The maximum absolute atomic E-state index is 10.8. The van der Waals surface area contributed by atoms with Gasteiger partial charge in [-0.15, -0.1) is 0 Å². The second kappa shape index (κ2) is 6.95. The molecule has 1 amide bonds. The van der Waals surface area contributed by atoms with Crippen LogP contribution in [0.2, 0.25) is 0 Å². The molecule has 16 heavy (non-hydrogen) atoms. The summed E-state index contributed by atoms with van der Waals surface area (Å²) >= 11 is 0. The Labute approximate surface area is 96.0 Å². The molecule has 0 saturated carbocycles. The van der Waals surface area contributed by atoms with E-state index in [9.17, 15) is 4.79 Å². The van der Waals surface area contributed by atoms with Crippen LogP contribution in [0.3, 0.4) is 0 Å². The number of primary amides is 1. The quantitative estimate of drug-likeness (QED) is 0.558. The van der Waals surface area contributed by atoms with Crippen LogP contribution in [0.4, 0.5) is 0 Å². The van der Waals surface area contributed by atoms with Crippen molar-refractivity contribution in [2.75, 3.05) is 6.61 Å². The first-order chi connectivity index (χ1) is 7.74. The highest BCUT2D eigenvalue weighted by molar-refractivity contribution is 5.92. The van der Waals surface area contributed by atoms with E-state index in [-0.39, 0.29) is 0 Å². The number of carbonyl (C=O) groups is 1. The fourth-order valence-electron chi connectivity index (χ4n) is 1.33. The maximum Gasteiger partial charge on any atom is 0.252 e. The van der Waals surface area contributed by atoms with Crippen LogP contribution in [-0.4, -0.2) is 12.5 Å². The lowest BCUT2D eigenvalue weighted by molar-refractivity contribution is -0.732. The predicted molar refractivity (Wildman–Crippen MR) is 60.6 cm³/mol. The van der Waals surface area contributed by atoms with Crippen LogP contribution in [0.15, 0.2) is 24.5 Å². The summed E-state index contributed by atoms with van der Waals surface area (Å²) in [5.74, 6) is -0.406. The van der Waals surface area contributed by atoms with Crippen molar-refractivity contribution in [1.82, 2.24) is 0 Å². The predicted octanol–water partition coefficient (Wildman–Crippen LogP) is 1.24. The number of pyridine rings is 1. The Balaban J connectivity index is 2.29. The Morgan fingerprint density at radius 2 is 2.06 bits per heavy atom. The molecule has 88 valence electrons. The molecule has 1 rings (SSSR count). The van der Waals surface area contributed by atoms with Crippen LogP contribution < -0.4 is 10.3 Å². The van der Waals surface area contributed by atoms with Gasteiger partial charge in [-0.2, -0.15) is 4.57 Å². The van der Waals surface area contributed by atoms with Crippen molar-refractivity contribution in [3.8, 4) is 0 Å². The van der Waals surface area contributed by atoms with Crippen LogP contribution in [0.5, 0.6) is 0 Å². The molecule has 0 spiro atoms. The highest BCUT2D eigenvalue weighted by Gasteiger charge is 2.03. The highest BCUT2D eigenvalue weighted by atomic mass is 16.5. The molecule has 0 fully saturated rings. The van der Waals surface area contributed by atoms with E-state index in [2.05, 4.69) is 6.92 Å². The summed E-state index contributed by atoms with van der Waals surface area (Å²) in [5, 5.41) is 0. The molecule has 0 unspecified atom stereocenters. The van der Waals surface area contributed by atoms with Crippen LogP contribution in [0.25, 0.3) is 0 Å². The first-order valence-electron chi connectivity index (χ1n) is 5.60. The zero-order valence-corrected chi connectivity index (χ0v) is 9.69. The molecule has 0 aliphatic rings. The molecule has 4 nitrogen and oxygen atoms in total. The third-order valence-electron chi connectivity index (χ3n) is 2.31. The number of unbranched alkanes of at least 4 members (excludes halogenated alkanes) is 2. The Morgan fingerprint density at radius 3 is 2.62 bits per heavy atom. The van der Waals surface area contributed by atoms with Crippen LogP contribution >= 0.6 is 0 Å². The monoisotopic (exact) mass is 223 g/mol. The lowest BCUT2D eigenvalue weighted by Gasteiger charge is -2.00. The van der Waals surface area contributed by atoms with Gasteiger partial charge in [0.25, 0.3) is 6.73 Å². The second-order valence-corrected chi connectivity index (χ2v) is 3.71. The maximum atomic E-state index is 10.8. The van der Waals surface area contributed by atoms with Crippen molar-refractivity contribution < 1.29 is 14.1 Å². The first-order valence-corrected chi connectivity index (χ1v) is 5.60. The van der Waals surface area contributed by atoms with Crippen molar-refractivity contribution in [2.45, 2.75) is 32.9 Å². The van der Waals surface area contributed by atoms with Gasteiger partial charge in [-0.25, -0.2) is 0 Å². The summed E-state index contributed by atoms with van der Waals surface area (Å²) in [6.45, 7) is 3.46. The largest absolute Gasteiger partial charge is 0.366 e. The van der Waals surface area contributed by atoms with E-state index < -0.39 is 5.91 Å². The fraction of sp³-hybridized carbons (Fsp3) is 0.500. The van der Waals surface area contributed by atoms with Crippen molar-refractivity contribution in [1.29, 1.82) is 0 Å². The molecule has 0 saturated heterocycles. The number of hydrogen-bond donors (Lipinski definition) is 1. The third kappa shape index (κ3) is 4.40. The SMILES string of the molecule is CCCCCOC[n+]1ccc(C(N)=O)cc1. The third-order valence-corrected chi connectivity index (χ3v) is 2.31. The van der Waals surface area contributed by atoms with Gasteiger partial charge in [0.2, 0.25) is 5.91 Å². The molecule has 1 aromatic heterocycles. The summed E-state index contributed by atoms with van der Waals surface area (Å²) in [6.07, 6.45) is 7.07. The summed E-state index contributed by atoms with van der Waals surface area (Å²) in [6, 6.07) is 3.38. The van der Waals surface area contributed by atoms with Gasteiger partial charge in [0, 0.05) is 12.1 Å². The number of hydrogen-bond acceptors (Lipinski definition) is 2. The molecule has 1 heterocycles. The van der Waals surface area contributed by atoms with Crippen molar-refractivity contribution >= 4 is 5.91 Å². The van der Waals surface area contributed by atoms with E-state index >= 15 is 0 Å². The molecule has 0 aliphatic carbocycles. The van der Waals surface area contributed by atoms with E-state index in [1.807, 2.05) is 4.57 Å². The summed E-state index contributed by atoms with van der Waals surface area (Å²) in [4.78, 5) is 10.8. The lowest BCUT2D eigenvalue weighted by Crippen LogP contribution is -2.34. The average molecular weight is 223 g/mol. The molecule has 0 aliphatic heterocycles. The van der Waals surface area contributed by atoms with E-state index in [1.54, 1.807) is 24.5 Å². The number of nitrogens with two attached hydrogens (primary N) is 1. The van der Waals surface area contributed by atoms with Crippen LogP contribution in [0, 0.1) is 0 Å². The normalized spacial score (nSPS) is 10.3. The lowest BCUT2D eigenvalue weighted by atomic mass is 10.2. The van der Waals surface area contributed by atoms with E-state index in [0.717, 1.165) is 13.0 Å². The van der Waals surface area contributed by atoms with Gasteiger partial charge in [-0.05, 0) is 6.42 Å². The fourth-order valence-corrected chi connectivity index (χ4v) is 1.33. The summed E-state index contributed by atoms with van der Waals surface area (Å²) in [7, 11) is 0. The Kier molecular flexibility index (Phi) is 5.50. The standard InChI is InChI=1S/C12H18N2O2/c1-2-3-4-9-16-10-14-7-5-11(6-8-14)12(13)15/h5-8H,2-4,9-10H2,1H3,(H-,13,15)/p+1. The zero-order valence-electron chi connectivity index (χ0n) is 9.69. The minimum atomic E-state index is -0.406. The van der Waals surface area contributed by atoms with Crippen molar-refractivity contribution in [3.63, 3.8) is 0 Å². The van der Waals surface area contributed by atoms with Gasteiger partial charge < -0.3 is 10.5 Å². The minimum absolute atomic E-state index is 0.406. The van der Waals surface area contributed by atoms with E-state index in [1.165, 1.54) is 12.8 Å². The van der Waals surface area contributed by atoms with Gasteiger partial charge in [0.1, 0.15) is 0 Å². The first kappa shape index (κ1) is 12.6. The molecular formula is C12H19N2O2+. The number of rotatable bonds is 7. The zero-order chi connectivity index (χ0) is 11.8. The van der Waals surface area contributed by atoms with Crippen LogP contribution in [-0.2, 0) is 11.5 Å². The number of aromatic nitrogens is 1. The van der Waals surface area contributed by atoms with Gasteiger partial charge >= 0.3 is 0 Å². The Hall–Kier alpha value is -1.42. The van der Waals surface area contributed by atoms with Crippen molar-refractivity contribution in [2.24, 2.45) is 5.73 Å². The Morgan fingerprint density at radius 1 is 1.38 bits per heavy atom. The molecule has 0 atom stereocenters. The summed E-state index contributed by atoms with van der Waals surface area (Å²) < 4.78 is 7.34. The average Bonchev–Trinajstić information content (AvgIpc) is 2.29. The molecule has 2 N–H and O–H groups in total. The van der Waals surface area contributed by atoms with Gasteiger partial charge in [-0.1, -0.05) is 19.8 Å². The van der Waals surface area contributed by atoms with E-state index in [0.29, 0.717) is 12.3 Å². The molecule has 0 aromatic carbocycles. The van der Waals surface area contributed by atoms with Gasteiger partial charge in [-0.3, -0.25) is 4.79 Å². The second-order valence-electron chi connectivity index (χ2n) is 3.71. The minimum Gasteiger partial charge on any atom is -0.366 e. The molecule has 0 radical (unpaired) electrons. The number of nitrogens with zero attached hydrogens (tertiary/aromatic N) is 1. The van der Waals surface area contributed by atoms with Crippen LogP contribution in [0.1, 0.15) is 36.5 Å². The van der Waals surface area contributed by atoms with E-state index in [4.69, 9.17) is 10.5 Å². The van der Waals surface area contributed by atoms with Gasteiger partial charge in [0.05, 0.1) is 12.2 Å². The Bertz CT molecular complexity index is 322. The molecule has 4 heteroatoms. The number of amides is 1. The molecule has 0 bridgehead atoms. The topological polar surface area (TPSA) is 56.2 Å². The molecular weight excluding hydrogens is 204 g/mol. The number of ether oxygens (including phenoxy) is 1. The number of carbonyl (C=O) groups excluding carboxylic acids is 1. The smallest absolute Gasteiger partial charge is 0.252 e. The molecule has 1 aromatic rings.